The number of urea groups is 1. The quantitative estimate of drug-likeness (QED) is 0.323. The molecule has 13 heteroatoms. The summed E-state index contributed by atoms with van der Waals surface area (Å²) in [6, 6.07) is 8.20. The molecule has 3 amide bonds. The van der Waals surface area contributed by atoms with Gasteiger partial charge in [0.25, 0.3) is 5.91 Å². The van der Waals surface area contributed by atoms with Crippen molar-refractivity contribution in [3.63, 3.8) is 0 Å². The number of carbonyl (C=O) groups excluding carboxylic acids is 2. The number of benzene rings is 2. The molecule has 0 aliphatic rings. The van der Waals surface area contributed by atoms with Crippen LogP contribution in [0.1, 0.15) is 21.6 Å². The highest BCUT2D eigenvalue weighted by Crippen LogP contribution is 2.36. The number of amides is 3. The van der Waals surface area contributed by atoms with Crippen LogP contribution in [-0.4, -0.2) is 16.9 Å². The van der Waals surface area contributed by atoms with Gasteiger partial charge in [-0.25, -0.2) is 9.18 Å². The fourth-order valence-electron chi connectivity index (χ4n) is 2.59. The third-order valence-electron chi connectivity index (χ3n) is 4.18. The van der Waals surface area contributed by atoms with Crippen LogP contribution in [-0.2, 0) is 12.8 Å². The first-order valence-corrected chi connectivity index (χ1v) is 9.68. The third-order valence-corrected chi connectivity index (χ3v) is 4.51. The molecule has 34 heavy (non-hydrogen) atoms. The average Bonchev–Trinajstić information content (AvgIpc) is 2.78. The van der Waals surface area contributed by atoms with E-state index in [1.807, 2.05) is 5.48 Å². The molecule has 0 aliphatic carbocycles. The second-order valence-electron chi connectivity index (χ2n) is 6.64. The summed E-state index contributed by atoms with van der Waals surface area (Å²) in [5, 5.41) is 1.61. The summed E-state index contributed by atoms with van der Waals surface area (Å²) >= 11 is 5.51. The molecule has 8 nitrogen and oxygen atoms in total. The van der Waals surface area contributed by atoms with E-state index in [9.17, 15) is 27.2 Å². The molecule has 0 unspecified atom stereocenters. The van der Waals surface area contributed by atoms with E-state index >= 15 is 0 Å². The van der Waals surface area contributed by atoms with Crippen molar-refractivity contribution in [1.29, 1.82) is 0 Å². The highest BCUT2D eigenvalue weighted by atomic mass is 35.5. The van der Waals surface area contributed by atoms with Crippen LogP contribution < -0.4 is 26.1 Å². The number of hydrogen-bond donors (Lipinski definition) is 3. The first kappa shape index (κ1) is 24.6. The lowest BCUT2D eigenvalue weighted by atomic mass is 10.2. The van der Waals surface area contributed by atoms with E-state index in [2.05, 4.69) is 10.3 Å². The number of hydroxylamine groups is 1. The van der Waals surface area contributed by atoms with E-state index in [1.165, 1.54) is 24.4 Å². The number of hydrogen-bond acceptors (Lipinski definition) is 5. The Bertz CT molecular complexity index is 1220. The number of ether oxygens (including phenoxy) is 1. The van der Waals surface area contributed by atoms with E-state index in [0.29, 0.717) is 11.6 Å². The number of nitrogens with two attached hydrogens (primary N) is 1. The van der Waals surface area contributed by atoms with Crippen LogP contribution in [0.4, 0.5) is 28.0 Å². The van der Waals surface area contributed by atoms with Gasteiger partial charge >= 0.3 is 12.2 Å². The highest BCUT2D eigenvalue weighted by molar-refractivity contribution is 6.31. The van der Waals surface area contributed by atoms with Crippen molar-refractivity contribution >= 4 is 29.2 Å². The zero-order chi connectivity index (χ0) is 24.9. The molecule has 1 aromatic heterocycles. The summed E-state index contributed by atoms with van der Waals surface area (Å²) in [6.07, 6.45) is -3.34. The second kappa shape index (κ2) is 10.3. The maximum Gasteiger partial charge on any atom is 0.417 e. The summed E-state index contributed by atoms with van der Waals surface area (Å²) in [4.78, 5) is 31.7. The van der Waals surface area contributed by atoms with Gasteiger partial charge in [0.1, 0.15) is 23.9 Å². The molecule has 2 aromatic carbocycles. The van der Waals surface area contributed by atoms with Crippen molar-refractivity contribution in [3.05, 3.63) is 82.4 Å². The van der Waals surface area contributed by atoms with Crippen molar-refractivity contribution in [3.8, 4) is 11.5 Å². The van der Waals surface area contributed by atoms with Crippen molar-refractivity contribution in [2.45, 2.75) is 12.8 Å². The number of primary amides is 1. The molecule has 0 aliphatic heterocycles. The Morgan fingerprint density at radius 2 is 1.79 bits per heavy atom. The number of nitrogens with zero attached hydrogens (tertiary/aromatic N) is 1. The van der Waals surface area contributed by atoms with Crippen molar-refractivity contribution in [2.24, 2.45) is 5.73 Å². The van der Waals surface area contributed by atoms with E-state index in [-0.39, 0.29) is 29.5 Å². The van der Waals surface area contributed by atoms with Gasteiger partial charge in [-0.1, -0.05) is 11.6 Å². The topological polar surface area (TPSA) is 116 Å². The lowest BCUT2D eigenvalue weighted by Gasteiger charge is -2.13. The molecule has 0 bridgehead atoms. The smallest absolute Gasteiger partial charge is 0.417 e. The molecule has 0 saturated heterocycles. The van der Waals surface area contributed by atoms with Crippen LogP contribution in [0.3, 0.4) is 0 Å². The van der Waals surface area contributed by atoms with Gasteiger partial charge in [-0.3, -0.25) is 9.78 Å². The number of rotatable bonds is 7. The molecular formula is C21H15ClF4N4O4. The van der Waals surface area contributed by atoms with Gasteiger partial charge < -0.3 is 20.6 Å². The summed E-state index contributed by atoms with van der Waals surface area (Å²) in [6.45, 7) is -0.00958. The largest absolute Gasteiger partial charge is 0.489 e. The molecular weight excluding hydrogens is 484 g/mol. The average molecular weight is 499 g/mol. The van der Waals surface area contributed by atoms with Gasteiger partial charge in [0.2, 0.25) is 0 Å². The molecule has 0 radical (unpaired) electrons. The number of alkyl halides is 3. The number of nitrogens with one attached hydrogen (secondary N) is 2. The van der Waals surface area contributed by atoms with Gasteiger partial charge in [0.15, 0.2) is 5.75 Å². The number of carbonyl (C=O) groups is 2. The van der Waals surface area contributed by atoms with Crippen molar-refractivity contribution in [2.75, 3.05) is 5.32 Å². The lowest BCUT2D eigenvalue weighted by molar-refractivity contribution is -0.137. The molecule has 0 spiro atoms. The number of pyridine rings is 1. The van der Waals surface area contributed by atoms with E-state index in [0.717, 1.165) is 18.2 Å². The predicted molar refractivity (Wildman–Crippen MR) is 113 cm³/mol. The zero-order valence-corrected chi connectivity index (χ0v) is 17.7. The highest BCUT2D eigenvalue weighted by Gasteiger charge is 2.33. The molecule has 178 valence electrons. The Kier molecular flexibility index (Phi) is 7.41. The molecule has 0 fully saturated rings. The van der Waals surface area contributed by atoms with Crippen molar-refractivity contribution < 1.29 is 36.7 Å². The van der Waals surface area contributed by atoms with E-state index in [1.54, 1.807) is 6.07 Å². The molecule has 0 atom stereocenters. The van der Waals surface area contributed by atoms with Crippen LogP contribution in [0, 0.1) is 5.82 Å². The van der Waals surface area contributed by atoms with Gasteiger partial charge in [0.05, 0.1) is 16.3 Å². The fraction of sp³-hybridized carbons (Fsp3) is 0.0952. The second-order valence-corrected chi connectivity index (χ2v) is 7.05. The maximum atomic E-state index is 14.3. The van der Waals surface area contributed by atoms with Gasteiger partial charge in [0, 0.05) is 12.3 Å². The molecule has 0 saturated carbocycles. The first-order valence-electron chi connectivity index (χ1n) is 9.30. The molecule has 3 rings (SSSR count). The lowest BCUT2D eigenvalue weighted by Crippen LogP contribution is -2.32. The fourth-order valence-corrected chi connectivity index (χ4v) is 2.82. The van der Waals surface area contributed by atoms with Gasteiger partial charge in [-0.05, 0) is 48.0 Å². The Balaban J connectivity index is 1.56. The maximum absolute atomic E-state index is 14.3. The summed E-state index contributed by atoms with van der Waals surface area (Å²) in [5.41, 5.74) is 6.23. The SMILES string of the molecule is NC(=O)c1cc(COc2ccc(NC(=O)NOc3ccc(Cl)c(C(F)(F)F)c3)c(F)c2)ccn1. The minimum atomic E-state index is -4.72. The minimum absolute atomic E-state index is 0.00958. The number of halogens is 5. The molecule has 1 heterocycles. The first-order chi connectivity index (χ1) is 16.0. The Morgan fingerprint density at radius 3 is 2.47 bits per heavy atom. The number of anilines is 1. The molecule has 3 aromatic rings. The summed E-state index contributed by atoms with van der Waals surface area (Å²) in [5.74, 6) is -1.78. The standard InChI is InChI=1S/C21H15ClF4N4O4/c22-15-3-1-13(8-14(15)21(24,25)26)34-30-20(32)29-17-4-2-12(9-16(17)23)33-10-11-5-6-28-18(7-11)19(27)31/h1-9H,10H2,(H2,27,31)(H2,29,30,32). The Hall–Kier alpha value is -4.06. The van der Waals surface area contributed by atoms with Crippen LogP contribution in [0.2, 0.25) is 5.02 Å². The molecule has 4 N–H and O–H groups in total. The predicted octanol–water partition coefficient (Wildman–Crippen LogP) is 4.69. The monoisotopic (exact) mass is 498 g/mol. The zero-order valence-electron chi connectivity index (χ0n) is 17.0. The van der Waals surface area contributed by atoms with Gasteiger partial charge in [-0.2, -0.15) is 18.7 Å². The Morgan fingerprint density at radius 1 is 1.06 bits per heavy atom. The van der Waals surface area contributed by atoms with E-state index in [4.69, 9.17) is 26.9 Å². The number of aromatic nitrogens is 1. The summed E-state index contributed by atoms with van der Waals surface area (Å²) in [7, 11) is 0. The van der Waals surface area contributed by atoms with Crippen molar-refractivity contribution in [1.82, 2.24) is 10.5 Å². The Labute approximate surface area is 194 Å². The van der Waals surface area contributed by atoms with Crippen LogP contribution in [0.15, 0.2) is 54.7 Å². The van der Waals surface area contributed by atoms with Crippen LogP contribution in [0.25, 0.3) is 0 Å². The van der Waals surface area contributed by atoms with E-state index < -0.39 is 34.5 Å². The normalized spacial score (nSPS) is 11.0. The van der Waals surface area contributed by atoms with Crippen LogP contribution >= 0.6 is 11.6 Å². The van der Waals surface area contributed by atoms with Gasteiger partial charge in [-0.15, -0.1) is 0 Å². The summed E-state index contributed by atoms with van der Waals surface area (Å²) < 4.78 is 58.4. The van der Waals surface area contributed by atoms with Crippen LogP contribution in [0.5, 0.6) is 11.5 Å². The minimum Gasteiger partial charge on any atom is -0.489 e. The third kappa shape index (κ3) is 6.48.